The van der Waals surface area contributed by atoms with Crippen molar-refractivity contribution < 1.29 is 4.79 Å². The predicted molar refractivity (Wildman–Crippen MR) is 78.1 cm³/mol. The first kappa shape index (κ1) is 15.4. The number of aryl methyl sites for hydroxylation is 1. The maximum Gasteiger partial charge on any atom is 0.253 e. The summed E-state index contributed by atoms with van der Waals surface area (Å²) < 4.78 is 0. The van der Waals surface area contributed by atoms with Crippen LogP contribution in [0, 0.1) is 6.92 Å². The Labute approximate surface area is 115 Å². The number of carbonyl (C=O) groups is 1. The van der Waals surface area contributed by atoms with E-state index in [-0.39, 0.29) is 5.91 Å². The van der Waals surface area contributed by atoms with Crippen molar-refractivity contribution in [3.8, 4) is 0 Å². The summed E-state index contributed by atoms with van der Waals surface area (Å²) in [5, 5.41) is 2.91. The molecule has 0 aliphatic carbocycles. The molecule has 1 rings (SSSR count). The molecule has 3 N–H and O–H groups in total. The van der Waals surface area contributed by atoms with Crippen molar-refractivity contribution in [1.82, 2.24) is 15.2 Å². The highest BCUT2D eigenvalue weighted by Gasteiger charge is 2.10. The summed E-state index contributed by atoms with van der Waals surface area (Å²) in [7, 11) is 0. The first-order valence-corrected chi connectivity index (χ1v) is 6.81. The molecule has 1 heterocycles. The lowest BCUT2D eigenvalue weighted by atomic mass is 10.2. The van der Waals surface area contributed by atoms with Gasteiger partial charge in [0.05, 0.1) is 23.1 Å². The van der Waals surface area contributed by atoms with Gasteiger partial charge in [0, 0.05) is 13.1 Å². The number of pyridine rings is 1. The largest absolute Gasteiger partial charge is 0.397 e. The maximum absolute atomic E-state index is 12.0. The molecular weight excluding hydrogens is 240 g/mol. The Bertz CT molecular complexity index is 420. The van der Waals surface area contributed by atoms with E-state index in [0.29, 0.717) is 23.5 Å². The Balaban J connectivity index is 2.49. The summed E-state index contributed by atoms with van der Waals surface area (Å²) in [6.07, 6.45) is 2.69. The van der Waals surface area contributed by atoms with Crippen molar-refractivity contribution in [3.05, 3.63) is 23.5 Å². The second kappa shape index (κ2) is 7.74. The fourth-order valence-corrected chi connectivity index (χ4v) is 1.95. The van der Waals surface area contributed by atoms with Crippen LogP contribution in [0.2, 0.25) is 0 Å². The van der Waals surface area contributed by atoms with Crippen LogP contribution in [-0.4, -0.2) is 42.0 Å². The SMILES string of the molecule is CCCN(CC)CCNC(=O)c1cc(N)cnc1C. The molecule has 0 saturated heterocycles. The van der Waals surface area contributed by atoms with Crippen LogP contribution < -0.4 is 11.1 Å². The number of likely N-dealkylation sites (N-methyl/N-ethyl adjacent to an activating group) is 1. The molecule has 0 bridgehead atoms. The van der Waals surface area contributed by atoms with Gasteiger partial charge in [-0.2, -0.15) is 0 Å². The van der Waals surface area contributed by atoms with Crippen LogP contribution in [0.25, 0.3) is 0 Å². The van der Waals surface area contributed by atoms with Crippen molar-refractivity contribution in [2.75, 3.05) is 31.9 Å². The quantitative estimate of drug-likeness (QED) is 0.781. The molecule has 5 nitrogen and oxygen atoms in total. The molecule has 0 saturated carbocycles. The van der Waals surface area contributed by atoms with Crippen LogP contribution in [-0.2, 0) is 0 Å². The van der Waals surface area contributed by atoms with E-state index in [1.807, 2.05) is 6.92 Å². The second-order valence-corrected chi connectivity index (χ2v) is 4.59. The van der Waals surface area contributed by atoms with Gasteiger partial charge in [0.25, 0.3) is 5.91 Å². The van der Waals surface area contributed by atoms with Crippen LogP contribution in [0.15, 0.2) is 12.3 Å². The highest BCUT2D eigenvalue weighted by atomic mass is 16.1. The Kier molecular flexibility index (Phi) is 6.29. The molecule has 1 amide bonds. The number of nitrogen functional groups attached to an aromatic ring is 1. The summed E-state index contributed by atoms with van der Waals surface area (Å²) in [4.78, 5) is 18.4. The molecule has 0 spiro atoms. The minimum Gasteiger partial charge on any atom is -0.397 e. The van der Waals surface area contributed by atoms with Crippen molar-refractivity contribution in [2.45, 2.75) is 27.2 Å². The van der Waals surface area contributed by atoms with Gasteiger partial charge in [0.15, 0.2) is 0 Å². The van der Waals surface area contributed by atoms with E-state index < -0.39 is 0 Å². The fraction of sp³-hybridized carbons (Fsp3) is 0.571. The van der Waals surface area contributed by atoms with E-state index in [1.165, 1.54) is 0 Å². The van der Waals surface area contributed by atoms with Gasteiger partial charge in [0.2, 0.25) is 0 Å². The number of anilines is 1. The van der Waals surface area contributed by atoms with Crippen LogP contribution in [0.3, 0.4) is 0 Å². The first-order valence-electron chi connectivity index (χ1n) is 6.81. The summed E-state index contributed by atoms with van der Waals surface area (Å²) in [6.45, 7) is 9.66. The molecule has 1 aromatic heterocycles. The molecule has 0 aliphatic rings. The zero-order valence-corrected chi connectivity index (χ0v) is 12.1. The molecule has 1 aromatic rings. The van der Waals surface area contributed by atoms with Gasteiger partial charge in [-0.05, 0) is 32.5 Å². The maximum atomic E-state index is 12.0. The third-order valence-corrected chi connectivity index (χ3v) is 3.05. The number of aromatic nitrogens is 1. The number of hydrogen-bond acceptors (Lipinski definition) is 4. The number of nitrogens with two attached hydrogens (primary N) is 1. The van der Waals surface area contributed by atoms with Gasteiger partial charge in [-0.3, -0.25) is 9.78 Å². The topological polar surface area (TPSA) is 71.2 Å². The molecular formula is C14H24N4O. The zero-order chi connectivity index (χ0) is 14.3. The normalized spacial score (nSPS) is 10.7. The van der Waals surface area contributed by atoms with E-state index in [1.54, 1.807) is 12.3 Å². The molecule has 0 fully saturated rings. The van der Waals surface area contributed by atoms with Gasteiger partial charge >= 0.3 is 0 Å². The van der Waals surface area contributed by atoms with Gasteiger partial charge in [-0.1, -0.05) is 13.8 Å². The lowest BCUT2D eigenvalue weighted by Crippen LogP contribution is -2.35. The van der Waals surface area contributed by atoms with Gasteiger partial charge < -0.3 is 16.0 Å². The molecule has 0 aliphatic heterocycles. The number of amides is 1. The average molecular weight is 264 g/mol. The highest BCUT2D eigenvalue weighted by Crippen LogP contribution is 2.09. The Morgan fingerprint density at radius 3 is 2.79 bits per heavy atom. The van der Waals surface area contributed by atoms with Gasteiger partial charge in [-0.25, -0.2) is 0 Å². The molecule has 0 aromatic carbocycles. The average Bonchev–Trinajstić information content (AvgIpc) is 2.40. The molecule has 0 unspecified atom stereocenters. The van der Waals surface area contributed by atoms with Crippen molar-refractivity contribution >= 4 is 11.6 Å². The standard InChI is InChI=1S/C14H24N4O/c1-4-7-18(5-2)8-6-16-14(19)13-9-12(15)10-17-11(13)3/h9-10H,4-8,15H2,1-3H3,(H,16,19). The van der Waals surface area contributed by atoms with Crippen molar-refractivity contribution in [1.29, 1.82) is 0 Å². The Morgan fingerprint density at radius 1 is 1.42 bits per heavy atom. The van der Waals surface area contributed by atoms with E-state index in [4.69, 9.17) is 5.73 Å². The van der Waals surface area contributed by atoms with Crippen molar-refractivity contribution in [2.24, 2.45) is 0 Å². The van der Waals surface area contributed by atoms with Gasteiger partial charge in [0.1, 0.15) is 0 Å². The molecule has 19 heavy (non-hydrogen) atoms. The third kappa shape index (κ3) is 4.87. The minimum atomic E-state index is -0.107. The molecule has 0 radical (unpaired) electrons. The Hall–Kier alpha value is -1.62. The molecule has 106 valence electrons. The van der Waals surface area contributed by atoms with Crippen LogP contribution in [0.1, 0.15) is 36.3 Å². The zero-order valence-electron chi connectivity index (χ0n) is 12.1. The van der Waals surface area contributed by atoms with Crippen LogP contribution in [0.5, 0.6) is 0 Å². The summed E-state index contributed by atoms with van der Waals surface area (Å²) in [6, 6.07) is 1.67. The lowest BCUT2D eigenvalue weighted by Gasteiger charge is -2.19. The first-order chi connectivity index (χ1) is 9.08. The van der Waals surface area contributed by atoms with Gasteiger partial charge in [-0.15, -0.1) is 0 Å². The van der Waals surface area contributed by atoms with Crippen LogP contribution in [0.4, 0.5) is 5.69 Å². The number of hydrogen-bond donors (Lipinski definition) is 2. The molecule has 5 heteroatoms. The van der Waals surface area contributed by atoms with E-state index in [2.05, 4.69) is 29.0 Å². The van der Waals surface area contributed by atoms with Crippen LogP contribution >= 0.6 is 0 Å². The summed E-state index contributed by atoms with van der Waals surface area (Å²) >= 11 is 0. The minimum absolute atomic E-state index is 0.107. The second-order valence-electron chi connectivity index (χ2n) is 4.59. The summed E-state index contributed by atoms with van der Waals surface area (Å²) in [5.41, 5.74) is 7.42. The predicted octanol–water partition coefficient (Wildman–Crippen LogP) is 1.43. The van der Waals surface area contributed by atoms with E-state index >= 15 is 0 Å². The number of nitrogens with one attached hydrogen (secondary N) is 1. The number of nitrogens with zero attached hydrogens (tertiary/aromatic N) is 2. The smallest absolute Gasteiger partial charge is 0.253 e. The Morgan fingerprint density at radius 2 is 2.16 bits per heavy atom. The lowest BCUT2D eigenvalue weighted by molar-refractivity contribution is 0.0947. The highest BCUT2D eigenvalue weighted by molar-refractivity contribution is 5.95. The monoisotopic (exact) mass is 264 g/mol. The summed E-state index contributed by atoms with van der Waals surface area (Å²) in [5.74, 6) is -0.107. The molecule has 0 atom stereocenters. The third-order valence-electron chi connectivity index (χ3n) is 3.05. The number of rotatable bonds is 7. The van der Waals surface area contributed by atoms with E-state index in [0.717, 1.165) is 26.1 Å². The fourth-order valence-electron chi connectivity index (χ4n) is 1.95. The van der Waals surface area contributed by atoms with E-state index in [9.17, 15) is 4.79 Å². The van der Waals surface area contributed by atoms with Crippen molar-refractivity contribution in [3.63, 3.8) is 0 Å². The number of carbonyl (C=O) groups excluding carboxylic acids is 1.